The molecule has 4 heteroatoms. The molecule has 2 aromatic rings. The minimum atomic E-state index is 0.104. The Balaban J connectivity index is 2.55. The second-order valence-corrected chi connectivity index (χ2v) is 4.07. The normalized spacial score (nSPS) is 10.9. The van der Waals surface area contributed by atoms with Crippen molar-refractivity contribution in [2.75, 3.05) is 0 Å². The minimum absolute atomic E-state index is 0.104. The molecule has 0 aliphatic heterocycles. The van der Waals surface area contributed by atoms with Gasteiger partial charge in [0.1, 0.15) is 11.6 Å². The Hall–Kier alpha value is -1.35. The summed E-state index contributed by atoms with van der Waals surface area (Å²) in [5, 5.41) is 0.601. The number of ketones is 1. The fourth-order valence-corrected chi connectivity index (χ4v) is 1.83. The number of carbonyl (C=O) groups excluding carboxylic acids is 1. The fraction of sp³-hybridized carbons (Fsp3) is 0.273. The number of Topliss-reactive ketones (excluding diaryl/α,β-unsaturated/α-hetero) is 1. The fourth-order valence-electron chi connectivity index (χ4n) is 1.61. The summed E-state index contributed by atoms with van der Waals surface area (Å²) in [6, 6.07) is 3.68. The van der Waals surface area contributed by atoms with Gasteiger partial charge in [-0.25, -0.2) is 4.98 Å². The topological polar surface area (TPSA) is 45.8 Å². The van der Waals surface area contributed by atoms with Crippen molar-refractivity contribution in [1.82, 2.24) is 9.97 Å². The summed E-state index contributed by atoms with van der Waals surface area (Å²) in [7, 11) is 0. The molecule has 0 radical (unpaired) electrons. The van der Waals surface area contributed by atoms with Crippen LogP contribution in [0.4, 0.5) is 0 Å². The number of benzene rings is 1. The van der Waals surface area contributed by atoms with Crippen LogP contribution in [0.1, 0.15) is 18.3 Å². The van der Waals surface area contributed by atoms with Gasteiger partial charge in [0.05, 0.1) is 11.0 Å². The number of halogens is 1. The number of carbonyl (C=O) groups is 1. The Morgan fingerprint density at radius 2 is 2.27 bits per heavy atom. The highest BCUT2D eigenvalue weighted by atomic mass is 35.5. The van der Waals surface area contributed by atoms with Crippen LogP contribution >= 0.6 is 11.6 Å². The van der Waals surface area contributed by atoms with Crippen molar-refractivity contribution in [3.63, 3.8) is 0 Å². The molecule has 0 amide bonds. The molecule has 2 rings (SSSR count). The molecule has 0 saturated carbocycles. The number of H-pyrrole nitrogens is 1. The van der Waals surface area contributed by atoms with Crippen LogP contribution in [-0.4, -0.2) is 15.8 Å². The smallest absolute Gasteiger partial charge is 0.134 e. The maximum absolute atomic E-state index is 11.0. The van der Waals surface area contributed by atoms with Crippen LogP contribution in [0.3, 0.4) is 0 Å². The highest BCUT2D eigenvalue weighted by Crippen LogP contribution is 2.23. The van der Waals surface area contributed by atoms with E-state index < -0.39 is 0 Å². The van der Waals surface area contributed by atoms with Gasteiger partial charge in [0.25, 0.3) is 0 Å². The summed E-state index contributed by atoms with van der Waals surface area (Å²) in [6.45, 7) is 3.44. The van der Waals surface area contributed by atoms with Crippen LogP contribution in [0, 0.1) is 6.92 Å². The summed E-state index contributed by atoms with van der Waals surface area (Å²) >= 11 is 6.05. The van der Waals surface area contributed by atoms with Crippen LogP contribution in [0.2, 0.25) is 5.02 Å². The second kappa shape index (κ2) is 3.66. The lowest BCUT2D eigenvalue weighted by atomic mass is 10.1. The van der Waals surface area contributed by atoms with E-state index in [1.165, 1.54) is 0 Å². The maximum Gasteiger partial charge on any atom is 0.134 e. The highest BCUT2D eigenvalue weighted by Gasteiger charge is 2.07. The summed E-state index contributed by atoms with van der Waals surface area (Å²) in [5.74, 6) is 0.952. The lowest BCUT2D eigenvalue weighted by molar-refractivity contribution is -0.116. The van der Waals surface area contributed by atoms with E-state index in [2.05, 4.69) is 9.97 Å². The lowest BCUT2D eigenvalue weighted by Gasteiger charge is -2.01. The number of nitrogens with zero attached hydrogens (tertiary/aromatic N) is 1. The third-order valence-corrected chi connectivity index (χ3v) is 2.56. The largest absolute Gasteiger partial charge is 0.342 e. The highest BCUT2D eigenvalue weighted by molar-refractivity contribution is 6.32. The zero-order valence-electron chi connectivity index (χ0n) is 8.60. The van der Waals surface area contributed by atoms with Crippen LogP contribution in [0.15, 0.2) is 12.1 Å². The van der Waals surface area contributed by atoms with E-state index in [1.54, 1.807) is 13.0 Å². The number of aromatic nitrogens is 2. The Morgan fingerprint density at radius 3 is 2.93 bits per heavy atom. The Labute approximate surface area is 92.5 Å². The van der Waals surface area contributed by atoms with Crippen LogP contribution < -0.4 is 0 Å². The number of fused-ring (bicyclic) bond motifs is 1. The average Bonchev–Trinajstić information content (AvgIpc) is 2.44. The van der Waals surface area contributed by atoms with E-state index in [-0.39, 0.29) is 5.78 Å². The van der Waals surface area contributed by atoms with Gasteiger partial charge in [-0.1, -0.05) is 11.6 Å². The first-order chi connectivity index (χ1) is 7.06. The molecular weight excluding hydrogens is 212 g/mol. The van der Waals surface area contributed by atoms with Crippen molar-refractivity contribution < 1.29 is 4.79 Å². The summed E-state index contributed by atoms with van der Waals surface area (Å²) in [5.41, 5.74) is 2.61. The standard InChI is InChI=1S/C11H11ClN2O/c1-6(15)3-8-4-10-11(5-9(8)12)14-7(2)13-10/h4-5H,3H2,1-2H3,(H,13,14). The number of hydrogen-bond acceptors (Lipinski definition) is 2. The number of nitrogens with one attached hydrogen (secondary N) is 1. The summed E-state index contributed by atoms with van der Waals surface area (Å²) in [6.07, 6.45) is 0.368. The number of hydrogen-bond donors (Lipinski definition) is 1. The van der Waals surface area contributed by atoms with Gasteiger partial charge in [-0.15, -0.1) is 0 Å². The first-order valence-electron chi connectivity index (χ1n) is 4.70. The molecule has 3 nitrogen and oxygen atoms in total. The van der Waals surface area contributed by atoms with Crippen molar-refractivity contribution >= 4 is 28.4 Å². The van der Waals surface area contributed by atoms with E-state index in [0.717, 1.165) is 22.4 Å². The Kier molecular flexibility index (Phi) is 2.49. The predicted octanol–water partition coefficient (Wildman–Crippen LogP) is 2.66. The lowest BCUT2D eigenvalue weighted by Crippen LogP contribution is -1.96. The van der Waals surface area contributed by atoms with E-state index >= 15 is 0 Å². The molecule has 78 valence electrons. The summed E-state index contributed by atoms with van der Waals surface area (Å²) in [4.78, 5) is 18.4. The molecule has 0 spiro atoms. The first kappa shape index (κ1) is 10.2. The quantitative estimate of drug-likeness (QED) is 0.849. The first-order valence-corrected chi connectivity index (χ1v) is 5.08. The molecule has 0 saturated heterocycles. The average molecular weight is 223 g/mol. The van der Waals surface area contributed by atoms with Crippen LogP contribution in [0.25, 0.3) is 11.0 Å². The molecule has 0 unspecified atom stereocenters. The van der Waals surface area contributed by atoms with E-state index in [0.29, 0.717) is 11.4 Å². The van der Waals surface area contributed by atoms with Gasteiger partial charge in [-0.05, 0) is 31.5 Å². The van der Waals surface area contributed by atoms with E-state index in [1.807, 2.05) is 13.0 Å². The van der Waals surface area contributed by atoms with Crippen molar-refractivity contribution in [2.24, 2.45) is 0 Å². The van der Waals surface area contributed by atoms with Crippen molar-refractivity contribution in [2.45, 2.75) is 20.3 Å². The zero-order chi connectivity index (χ0) is 11.0. The Morgan fingerprint density at radius 1 is 1.53 bits per heavy atom. The van der Waals surface area contributed by atoms with Gasteiger partial charge in [0, 0.05) is 11.4 Å². The van der Waals surface area contributed by atoms with Crippen molar-refractivity contribution in [3.05, 3.63) is 28.5 Å². The molecular formula is C11H11ClN2O. The molecule has 1 heterocycles. The van der Waals surface area contributed by atoms with Crippen LogP contribution in [0.5, 0.6) is 0 Å². The molecule has 0 aliphatic rings. The second-order valence-electron chi connectivity index (χ2n) is 3.66. The zero-order valence-corrected chi connectivity index (χ0v) is 9.35. The minimum Gasteiger partial charge on any atom is -0.342 e. The predicted molar refractivity (Wildman–Crippen MR) is 60.2 cm³/mol. The third kappa shape index (κ3) is 2.02. The maximum atomic E-state index is 11.0. The number of imidazole rings is 1. The summed E-state index contributed by atoms with van der Waals surface area (Å²) < 4.78 is 0. The molecule has 0 aliphatic carbocycles. The molecule has 15 heavy (non-hydrogen) atoms. The van der Waals surface area contributed by atoms with Gasteiger partial charge in [-0.3, -0.25) is 4.79 Å². The Bertz CT molecular complexity index is 531. The molecule has 1 aromatic heterocycles. The van der Waals surface area contributed by atoms with Gasteiger partial charge in [0.2, 0.25) is 0 Å². The molecule has 0 bridgehead atoms. The molecule has 1 N–H and O–H groups in total. The van der Waals surface area contributed by atoms with Gasteiger partial charge < -0.3 is 4.98 Å². The molecule has 1 aromatic carbocycles. The van der Waals surface area contributed by atoms with Gasteiger partial charge in [0.15, 0.2) is 0 Å². The van der Waals surface area contributed by atoms with Crippen molar-refractivity contribution in [3.8, 4) is 0 Å². The van der Waals surface area contributed by atoms with Gasteiger partial charge >= 0.3 is 0 Å². The number of rotatable bonds is 2. The van der Waals surface area contributed by atoms with Gasteiger partial charge in [-0.2, -0.15) is 0 Å². The third-order valence-electron chi connectivity index (χ3n) is 2.21. The van der Waals surface area contributed by atoms with Crippen LogP contribution in [-0.2, 0) is 11.2 Å². The monoisotopic (exact) mass is 222 g/mol. The van der Waals surface area contributed by atoms with E-state index in [9.17, 15) is 4.79 Å². The molecule has 0 atom stereocenters. The number of aryl methyl sites for hydroxylation is 1. The van der Waals surface area contributed by atoms with Crippen molar-refractivity contribution in [1.29, 1.82) is 0 Å². The molecule has 0 fully saturated rings. The van der Waals surface area contributed by atoms with E-state index in [4.69, 9.17) is 11.6 Å². The SMILES string of the molecule is CC(=O)Cc1cc2[nH]c(C)nc2cc1Cl. The number of aromatic amines is 1.